The largest absolute Gasteiger partial charge is 0.457 e. The van der Waals surface area contributed by atoms with Gasteiger partial charge in [-0.2, -0.15) is 4.98 Å². The lowest BCUT2D eigenvalue weighted by Crippen LogP contribution is -2.10. The van der Waals surface area contributed by atoms with Crippen molar-refractivity contribution in [3.8, 4) is 11.5 Å². The van der Waals surface area contributed by atoms with E-state index in [1.54, 1.807) is 4.68 Å². The van der Waals surface area contributed by atoms with E-state index in [1.807, 2.05) is 18.3 Å². The second-order valence-electron chi connectivity index (χ2n) is 7.39. The third-order valence-electron chi connectivity index (χ3n) is 5.41. The van der Waals surface area contributed by atoms with Gasteiger partial charge in [0.05, 0.1) is 6.20 Å². The molecule has 142 valence electrons. The minimum absolute atomic E-state index is 0.0517. The molecule has 2 fully saturated rings. The predicted molar refractivity (Wildman–Crippen MR) is 94.9 cm³/mol. The summed E-state index contributed by atoms with van der Waals surface area (Å²) in [6, 6.07) is 3.89. The molecule has 27 heavy (non-hydrogen) atoms. The highest BCUT2D eigenvalue weighted by Crippen LogP contribution is 2.33. The van der Waals surface area contributed by atoms with E-state index in [0.29, 0.717) is 29.7 Å². The Morgan fingerprint density at radius 3 is 2.81 bits per heavy atom. The Bertz CT molecular complexity index is 887. The summed E-state index contributed by atoms with van der Waals surface area (Å²) in [5.41, 5.74) is 0.691. The van der Waals surface area contributed by atoms with Gasteiger partial charge in [0.2, 0.25) is 5.89 Å². The summed E-state index contributed by atoms with van der Waals surface area (Å²) in [5.74, 6) is 3.36. The Morgan fingerprint density at radius 1 is 1.07 bits per heavy atom. The van der Waals surface area contributed by atoms with Crippen LogP contribution >= 0.6 is 0 Å². The first-order chi connectivity index (χ1) is 13.3. The molecular weight excluding hydrogens is 346 g/mol. The van der Waals surface area contributed by atoms with Crippen LogP contribution in [0.2, 0.25) is 0 Å². The maximum atomic E-state index is 5.95. The highest BCUT2D eigenvalue weighted by Gasteiger charge is 2.23. The van der Waals surface area contributed by atoms with Crippen molar-refractivity contribution in [1.29, 1.82) is 0 Å². The predicted octanol–water partition coefficient (Wildman–Crippen LogP) is 3.87. The normalized spacial score (nSPS) is 21.1. The molecule has 1 saturated heterocycles. The van der Waals surface area contributed by atoms with E-state index < -0.39 is 0 Å². The van der Waals surface area contributed by atoms with Gasteiger partial charge in [0.15, 0.2) is 11.6 Å². The van der Waals surface area contributed by atoms with Crippen LogP contribution in [0.1, 0.15) is 74.4 Å². The average molecular weight is 369 g/mol. The second-order valence-corrected chi connectivity index (χ2v) is 7.39. The molecule has 0 radical (unpaired) electrons. The van der Waals surface area contributed by atoms with Crippen LogP contribution < -0.4 is 0 Å². The maximum absolute atomic E-state index is 5.95. The number of rotatable bonds is 5. The second kappa shape index (κ2) is 7.26. The van der Waals surface area contributed by atoms with Crippen molar-refractivity contribution in [2.24, 2.45) is 0 Å². The molecule has 0 N–H and O–H groups in total. The highest BCUT2D eigenvalue weighted by atomic mass is 16.5. The minimum atomic E-state index is 0.0517. The summed E-state index contributed by atoms with van der Waals surface area (Å²) in [5, 5.41) is 12.5. The van der Waals surface area contributed by atoms with Crippen LogP contribution in [-0.2, 0) is 11.3 Å². The molecule has 0 bridgehead atoms. The Kier molecular flexibility index (Phi) is 4.49. The molecule has 1 saturated carbocycles. The fourth-order valence-electron chi connectivity index (χ4n) is 3.93. The molecule has 0 amide bonds. The van der Waals surface area contributed by atoms with Gasteiger partial charge in [-0.25, -0.2) is 4.68 Å². The lowest BCUT2D eigenvalue weighted by atomic mass is 10.1. The molecular formula is C19H23N5O3. The fourth-order valence-corrected chi connectivity index (χ4v) is 3.93. The van der Waals surface area contributed by atoms with Crippen molar-refractivity contribution in [2.45, 2.75) is 63.5 Å². The molecule has 5 rings (SSSR count). The monoisotopic (exact) mass is 369 g/mol. The molecule has 1 aliphatic carbocycles. The Morgan fingerprint density at radius 2 is 1.96 bits per heavy atom. The molecule has 1 aliphatic heterocycles. The van der Waals surface area contributed by atoms with Gasteiger partial charge in [0, 0.05) is 12.5 Å². The Hall–Kier alpha value is -2.48. The van der Waals surface area contributed by atoms with E-state index in [0.717, 1.165) is 43.9 Å². The van der Waals surface area contributed by atoms with Gasteiger partial charge < -0.3 is 13.7 Å². The van der Waals surface area contributed by atoms with Gasteiger partial charge in [-0.05, 0) is 44.2 Å². The lowest BCUT2D eigenvalue weighted by molar-refractivity contribution is 0.00220. The van der Waals surface area contributed by atoms with E-state index in [9.17, 15) is 0 Å². The lowest BCUT2D eigenvalue weighted by Gasteiger charge is -2.20. The first kappa shape index (κ1) is 16.7. The van der Waals surface area contributed by atoms with Crippen molar-refractivity contribution >= 4 is 0 Å². The standard InChI is InChI=1S/C19H23N5O3/c1-2-6-13(5-1)19-20-18(22-27-19)12-24-11-14(21-23-24)15-8-9-17(26-15)16-7-3-4-10-25-16/h8-9,11,13,16H,1-7,10,12H2. The van der Waals surface area contributed by atoms with Crippen molar-refractivity contribution in [3.63, 3.8) is 0 Å². The zero-order valence-electron chi connectivity index (χ0n) is 15.2. The maximum Gasteiger partial charge on any atom is 0.229 e. The molecule has 0 aromatic carbocycles. The first-order valence-corrected chi connectivity index (χ1v) is 9.79. The van der Waals surface area contributed by atoms with Crippen LogP contribution in [0.5, 0.6) is 0 Å². The molecule has 3 aromatic heterocycles. The molecule has 1 unspecified atom stereocenters. The number of nitrogens with zero attached hydrogens (tertiary/aromatic N) is 5. The van der Waals surface area contributed by atoms with Gasteiger partial charge in [0.1, 0.15) is 24.1 Å². The van der Waals surface area contributed by atoms with Crippen LogP contribution in [0.15, 0.2) is 27.3 Å². The van der Waals surface area contributed by atoms with E-state index in [2.05, 4.69) is 20.5 Å². The minimum Gasteiger partial charge on any atom is -0.457 e. The fraction of sp³-hybridized carbons (Fsp3) is 0.579. The summed E-state index contributed by atoms with van der Waals surface area (Å²) >= 11 is 0. The van der Waals surface area contributed by atoms with Gasteiger partial charge in [-0.15, -0.1) is 5.10 Å². The number of hydrogen-bond donors (Lipinski definition) is 0. The molecule has 8 heteroatoms. The quantitative estimate of drug-likeness (QED) is 0.674. The third kappa shape index (κ3) is 3.53. The number of hydrogen-bond acceptors (Lipinski definition) is 7. The molecule has 4 heterocycles. The summed E-state index contributed by atoms with van der Waals surface area (Å²) in [6.45, 7) is 1.23. The van der Waals surface area contributed by atoms with Crippen LogP contribution in [0, 0.1) is 0 Å². The molecule has 1 atom stereocenters. The van der Waals surface area contributed by atoms with Crippen molar-refractivity contribution in [3.05, 3.63) is 35.8 Å². The summed E-state index contributed by atoms with van der Waals surface area (Å²) in [6.07, 6.45) is 9.95. The smallest absolute Gasteiger partial charge is 0.229 e. The average Bonchev–Trinajstić information content (AvgIpc) is 3.48. The molecule has 8 nitrogen and oxygen atoms in total. The first-order valence-electron chi connectivity index (χ1n) is 9.79. The van der Waals surface area contributed by atoms with Gasteiger partial charge in [-0.3, -0.25) is 0 Å². The highest BCUT2D eigenvalue weighted by molar-refractivity contribution is 5.50. The Balaban J connectivity index is 1.26. The van der Waals surface area contributed by atoms with E-state index in [4.69, 9.17) is 13.7 Å². The van der Waals surface area contributed by atoms with Crippen LogP contribution in [0.4, 0.5) is 0 Å². The molecule has 2 aliphatic rings. The van der Waals surface area contributed by atoms with Gasteiger partial charge in [0.25, 0.3) is 0 Å². The van der Waals surface area contributed by atoms with Crippen LogP contribution in [-0.4, -0.2) is 31.7 Å². The van der Waals surface area contributed by atoms with Crippen molar-refractivity contribution < 1.29 is 13.7 Å². The number of aromatic nitrogens is 5. The van der Waals surface area contributed by atoms with Crippen LogP contribution in [0.25, 0.3) is 11.5 Å². The van der Waals surface area contributed by atoms with E-state index in [-0.39, 0.29) is 6.10 Å². The zero-order chi connectivity index (χ0) is 18.1. The van der Waals surface area contributed by atoms with Crippen LogP contribution in [0.3, 0.4) is 0 Å². The van der Waals surface area contributed by atoms with Gasteiger partial charge in [-0.1, -0.05) is 23.2 Å². The van der Waals surface area contributed by atoms with E-state index in [1.165, 1.54) is 19.3 Å². The molecule has 0 spiro atoms. The SMILES string of the molecule is c1cc(C2CCCCO2)oc1-c1cn(Cc2noc(C3CCCC3)n2)nn1. The topological polar surface area (TPSA) is 92.0 Å². The number of ether oxygens (including phenoxy) is 1. The van der Waals surface area contributed by atoms with Crippen molar-refractivity contribution in [2.75, 3.05) is 6.61 Å². The Labute approximate surface area is 156 Å². The third-order valence-corrected chi connectivity index (χ3v) is 5.41. The zero-order valence-corrected chi connectivity index (χ0v) is 15.2. The van der Waals surface area contributed by atoms with Gasteiger partial charge >= 0.3 is 0 Å². The summed E-state index contributed by atoms with van der Waals surface area (Å²) < 4.78 is 18.9. The summed E-state index contributed by atoms with van der Waals surface area (Å²) in [4.78, 5) is 4.53. The van der Waals surface area contributed by atoms with Crippen molar-refractivity contribution in [1.82, 2.24) is 25.1 Å². The summed E-state index contributed by atoms with van der Waals surface area (Å²) in [7, 11) is 0. The molecule has 3 aromatic rings. The van der Waals surface area contributed by atoms with E-state index >= 15 is 0 Å². The number of furan rings is 1.